The number of aliphatic carboxylic acids is 1. The summed E-state index contributed by atoms with van der Waals surface area (Å²) in [5.74, 6) is -1.66. The lowest BCUT2D eigenvalue weighted by molar-refractivity contribution is -0.192. The second-order valence-corrected chi connectivity index (χ2v) is 8.52. The first-order valence-electron chi connectivity index (χ1n) is 8.72. The van der Waals surface area contributed by atoms with Crippen molar-refractivity contribution in [1.82, 2.24) is 5.32 Å². The number of carboxylic acid groups (broad SMARTS) is 1. The van der Waals surface area contributed by atoms with E-state index in [0.29, 0.717) is 15.7 Å². The van der Waals surface area contributed by atoms with Crippen molar-refractivity contribution in [2.75, 3.05) is 13.1 Å². The van der Waals surface area contributed by atoms with E-state index in [2.05, 4.69) is 5.32 Å². The molecule has 2 aromatic carbocycles. The van der Waals surface area contributed by atoms with Gasteiger partial charge in [0.05, 0.1) is 9.79 Å². The van der Waals surface area contributed by atoms with Crippen molar-refractivity contribution in [2.45, 2.75) is 34.4 Å². The van der Waals surface area contributed by atoms with Gasteiger partial charge in [-0.3, -0.25) is 0 Å². The highest BCUT2D eigenvalue weighted by Gasteiger charge is 2.38. The van der Waals surface area contributed by atoms with E-state index in [4.69, 9.17) is 14.6 Å². The van der Waals surface area contributed by atoms with Crippen LogP contribution in [0.4, 0.5) is 13.2 Å². The third-order valence-corrected chi connectivity index (χ3v) is 6.46. The molecule has 0 radical (unpaired) electrons. The molecule has 1 saturated heterocycles. The summed E-state index contributed by atoms with van der Waals surface area (Å²) in [5.41, 5.74) is 1.14. The largest absolute Gasteiger partial charge is 0.490 e. The Balaban J connectivity index is 0.000000298. The van der Waals surface area contributed by atoms with E-state index in [1.54, 1.807) is 36.4 Å². The Hall–Kier alpha value is -2.59. The van der Waals surface area contributed by atoms with Crippen LogP contribution in [-0.4, -0.2) is 44.9 Å². The van der Waals surface area contributed by atoms with E-state index in [9.17, 15) is 21.6 Å². The Labute approximate surface area is 165 Å². The fraction of sp³-hybridized carbons (Fsp3) is 0.316. The summed E-state index contributed by atoms with van der Waals surface area (Å²) in [6.45, 7) is 1.80. The first-order valence-corrected chi connectivity index (χ1v) is 10.2. The minimum Gasteiger partial charge on any atom is -0.488 e. The maximum atomic E-state index is 12.7. The molecule has 2 heterocycles. The van der Waals surface area contributed by atoms with Crippen molar-refractivity contribution in [2.24, 2.45) is 0 Å². The lowest BCUT2D eigenvalue weighted by Gasteiger charge is -2.24. The van der Waals surface area contributed by atoms with Crippen LogP contribution >= 0.6 is 0 Å². The number of carbonyl (C=O) groups is 1. The van der Waals surface area contributed by atoms with Gasteiger partial charge in [0.15, 0.2) is 0 Å². The maximum Gasteiger partial charge on any atom is 0.490 e. The second kappa shape index (κ2) is 8.03. The SMILES string of the molecule is O=C(O)C(F)(F)F.O=S(=O)(c1ccccc1)c1ccc2c(c1)OC1CNCCC21. The molecule has 2 aliphatic heterocycles. The van der Waals surface area contributed by atoms with Crippen LogP contribution in [0.25, 0.3) is 0 Å². The molecule has 6 nitrogen and oxygen atoms in total. The molecule has 1 fully saturated rings. The van der Waals surface area contributed by atoms with Gasteiger partial charge in [0, 0.05) is 18.0 Å². The molecule has 156 valence electrons. The first-order chi connectivity index (χ1) is 13.6. The summed E-state index contributed by atoms with van der Waals surface area (Å²) < 4.78 is 63.1. The molecule has 2 unspecified atom stereocenters. The van der Waals surface area contributed by atoms with Gasteiger partial charge in [-0.15, -0.1) is 0 Å². The molecule has 10 heteroatoms. The van der Waals surface area contributed by atoms with Gasteiger partial charge in [-0.1, -0.05) is 24.3 Å². The number of ether oxygens (including phenoxy) is 1. The number of fused-ring (bicyclic) bond motifs is 3. The number of benzene rings is 2. The first kappa shape index (κ1) is 21.1. The highest BCUT2D eigenvalue weighted by Crippen LogP contribution is 2.42. The molecule has 2 N–H and O–H groups in total. The van der Waals surface area contributed by atoms with Crippen LogP contribution < -0.4 is 10.1 Å². The molecule has 4 rings (SSSR count). The number of piperidine rings is 1. The van der Waals surface area contributed by atoms with Crippen molar-refractivity contribution < 1.29 is 36.2 Å². The van der Waals surface area contributed by atoms with E-state index < -0.39 is 22.0 Å². The van der Waals surface area contributed by atoms with E-state index in [-0.39, 0.29) is 6.10 Å². The summed E-state index contributed by atoms with van der Waals surface area (Å²) in [5, 5.41) is 10.4. The van der Waals surface area contributed by atoms with Crippen molar-refractivity contribution in [1.29, 1.82) is 0 Å². The smallest absolute Gasteiger partial charge is 0.488 e. The van der Waals surface area contributed by atoms with Gasteiger partial charge in [0.25, 0.3) is 0 Å². The molecule has 2 atom stereocenters. The fourth-order valence-corrected chi connectivity index (χ4v) is 4.60. The Bertz CT molecular complexity index is 993. The summed E-state index contributed by atoms with van der Waals surface area (Å²) >= 11 is 0. The molecule has 29 heavy (non-hydrogen) atoms. The van der Waals surface area contributed by atoms with Gasteiger partial charge in [-0.2, -0.15) is 13.2 Å². The van der Waals surface area contributed by atoms with Crippen LogP contribution in [0, 0.1) is 0 Å². The van der Waals surface area contributed by atoms with Crippen LogP contribution in [0.15, 0.2) is 58.3 Å². The van der Waals surface area contributed by atoms with Crippen LogP contribution in [0.3, 0.4) is 0 Å². The van der Waals surface area contributed by atoms with Gasteiger partial charge in [-0.05, 0) is 37.2 Å². The number of halogens is 3. The topological polar surface area (TPSA) is 92.7 Å². The highest BCUT2D eigenvalue weighted by atomic mass is 32.2. The van der Waals surface area contributed by atoms with Crippen molar-refractivity contribution >= 4 is 15.8 Å². The highest BCUT2D eigenvalue weighted by molar-refractivity contribution is 7.91. The third-order valence-electron chi connectivity index (χ3n) is 4.70. The average Bonchev–Trinajstić information content (AvgIpc) is 3.06. The molecule has 0 aliphatic carbocycles. The summed E-state index contributed by atoms with van der Waals surface area (Å²) in [6, 6.07) is 13.8. The molecule has 0 aromatic heterocycles. The zero-order chi connectivity index (χ0) is 21.2. The van der Waals surface area contributed by atoms with Gasteiger partial charge in [-0.25, -0.2) is 13.2 Å². The van der Waals surface area contributed by atoms with Crippen LogP contribution in [0.1, 0.15) is 17.9 Å². The standard InChI is InChI=1S/C17H17NO3S.C2HF3O2/c19-22(20,12-4-2-1-3-5-12)13-6-7-14-15-8-9-18-11-17(15)21-16(14)10-13;3-2(4,5)1(6)7/h1-7,10,15,17-18H,8-9,11H2;(H,6,7). The molecule has 0 amide bonds. The van der Waals surface area contributed by atoms with Gasteiger partial charge in [0.2, 0.25) is 9.84 Å². The predicted molar refractivity (Wildman–Crippen MR) is 96.7 cm³/mol. The Morgan fingerprint density at radius 3 is 2.38 bits per heavy atom. The van der Waals surface area contributed by atoms with E-state index in [1.165, 1.54) is 0 Å². The molecule has 0 bridgehead atoms. The number of sulfone groups is 1. The van der Waals surface area contributed by atoms with E-state index >= 15 is 0 Å². The Morgan fingerprint density at radius 1 is 1.10 bits per heavy atom. The number of alkyl halides is 3. The zero-order valence-corrected chi connectivity index (χ0v) is 15.8. The average molecular weight is 429 g/mol. The van der Waals surface area contributed by atoms with Gasteiger partial charge in [0.1, 0.15) is 11.9 Å². The number of hydrogen-bond acceptors (Lipinski definition) is 5. The van der Waals surface area contributed by atoms with Crippen molar-refractivity contribution in [3.05, 3.63) is 54.1 Å². The Morgan fingerprint density at radius 2 is 1.76 bits per heavy atom. The predicted octanol–water partition coefficient (Wildman–Crippen LogP) is 2.99. The normalized spacial score (nSPS) is 20.5. The van der Waals surface area contributed by atoms with Crippen molar-refractivity contribution in [3.63, 3.8) is 0 Å². The number of carboxylic acids is 1. The molecule has 2 aliphatic rings. The number of rotatable bonds is 2. The van der Waals surface area contributed by atoms with E-state index in [0.717, 1.165) is 30.8 Å². The lowest BCUT2D eigenvalue weighted by atomic mass is 9.90. The molecular formula is C19H18F3NO5S. The van der Waals surface area contributed by atoms with Crippen LogP contribution in [0.2, 0.25) is 0 Å². The molecular weight excluding hydrogens is 411 g/mol. The monoisotopic (exact) mass is 429 g/mol. The van der Waals surface area contributed by atoms with Crippen LogP contribution in [0.5, 0.6) is 5.75 Å². The minimum absolute atomic E-state index is 0.124. The third kappa shape index (κ3) is 4.54. The quantitative estimate of drug-likeness (QED) is 0.763. The van der Waals surface area contributed by atoms with Crippen molar-refractivity contribution in [3.8, 4) is 5.75 Å². The number of nitrogens with one attached hydrogen (secondary N) is 1. The molecule has 0 saturated carbocycles. The van der Waals surface area contributed by atoms with Crippen LogP contribution in [-0.2, 0) is 14.6 Å². The van der Waals surface area contributed by atoms with E-state index in [1.807, 2.05) is 12.1 Å². The molecule has 2 aromatic rings. The summed E-state index contributed by atoms with van der Waals surface area (Å²) in [4.78, 5) is 9.50. The van der Waals surface area contributed by atoms with Gasteiger partial charge < -0.3 is 15.2 Å². The fourth-order valence-electron chi connectivity index (χ4n) is 3.30. The second-order valence-electron chi connectivity index (χ2n) is 6.57. The maximum absolute atomic E-state index is 12.7. The zero-order valence-electron chi connectivity index (χ0n) is 15.0. The number of hydrogen-bond donors (Lipinski definition) is 2. The molecule has 0 spiro atoms. The minimum atomic E-state index is -5.08. The summed E-state index contributed by atoms with van der Waals surface area (Å²) in [7, 11) is -3.49. The lowest BCUT2D eigenvalue weighted by Crippen LogP contribution is -2.39. The van der Waals surface area contributed by atoms with Gasteiger partial charge >= 0.3 is 12.1 Å². The summed E-state index contributed by atoms with van der Waals surface area (Å²) in [6.07, 6.45) is -3.93. The Kier molecular flexibility index (Phi) is 5.85.